The van der Waals surface area contributed by atoms with E-state index in [-0.39, 0.29) is 18.8 Å². The largest absolute Gasteiger partial charge is 0.502 e. The van der Waals surface area contributed by atoms with Gasteiger partial charge in [0, 0.05) is 23.7 Å². The van der Waals surface area contributed by atoms with Crippen molar-refractivity contribution in [3.63, 3.8) is 0 Å². The normalized spacial score (nSPS) is 15.2. The summed E-state index contributed by atoms with van der Waals surface area (Å²) in [7, 11) is 0. The van der Waals surface area contributed by atoms with Crippen LogP contribution in [0.2, 0.25) is 0 Å². The number of fused-ring (bicyclic) bond motifs is 1. The maximum atomic E-state index is 12.6. The van der Waals surface area contributed by atoms with Gasteiger partial charge in [-0.3, -0.25) is 0 Å². The highest BCUT2D eigenvalue weighted by Crippen LogP contribution is 2.38. The zero-order valence-corrected chi connectivity index (χ0v) is 17.0. The predicted octanol–water partition coefficient (Wildman–Crippen LogP) is 5.29. The number of alkyl halides is 1. The van der Waals surface area contributed by atoms with Gasteiger partial charge in [0.05, 0.1) is 12.7 Å². The maximum absolute atomic E-state index is 12.6. The molecule has 7 heteroatoms. The van der Waals surface area contributed by atoms with Crippen LogP contribution in [0.3, 0.4) is 0 Å². The van der Waals surface area contributed by atoms with Gasteiger partial charge in [-0.15, -0.1) is 0 Å². The monoisotopic (exact) mass is 406 g/mol. The van der Waals surface area contributed by atoms with Crippen molar-refractivity contribution < 1.29 is 13.7 Å². The molecule has 154 valence electrons. The first-order valence-electron chi connectivity index (χ1n) is 10.0. The zero-order valence-electron chi connectivity index (χ0n) is 17.0. The molecule has 1 aromatic heterocycles. The lowest BCUT2D eigenvalue weighted by Crippen LogP contribution is -2.21. The summed E-state index contributed by atoms with van der Waals surface area (Å²) in [4.78, 5) is 8.14. The molecule has 1 aliphatic carbocycles. The van der Waals surface area contributed by atoms with Crippen LogP contribution in [0.1, 0.15) is 37.4 Å². The Morgan fingerprint density at radius 3 is 2.97 bits per heavy atom. The Hall–Kier alpha value is -3.24. The van der Waals surface area contributed by atoms with Crippen molar-refractivity contribution in [3.05, 3.63) is 58.9 Å². The molecule has 0 amide bonds. The highest BCUT2D eigenvalue weighted by atomic mass is 19.1. The summed E-state index contributed by atoms with van der Waals surface area (Å²) in [6.45, 7) is 11.2. The molecule has 0 bridgehead atoms. The van der Waals surface area contributed by atoms with E-state index in [1.165, 1.54) is 5.56 Å². The Bertz CT molecular complexity index is 1090. The van der Waals surface area contributed by atoms with Crippen molar-refractivity contribution in [1.82, 2.24) is 15.5 Å². The van der Waals surface area contributed by atoms with E-state index in [0.717, 1.165) is 24.0 Å². The minimum Gasteiger partial charge on any atom is -0.502 e. The molecule has 0 radical (unpaired) electrons. The number of ether oxygens (including phenoxy) is 1. The molecule has 30 heavy (non-hydrogen) atoms. The molecule has 0 unspecified atom stereocenters. The fourth-order valence-electron chi connectivity index (χ4n) is 3.85. The average Bonchev–Trinajstić information content (AvgIpc) is 3.39. The first-order chi connectivity index (χ1) is 14.6. The number of nitrogens with one attached hydrogen (secondary N) is 1. The van der Waals surface area contributed by atoms with E-state index in [0.29, 0.717) is 35.3 Å². The van der Waals surface area contributed by atoms with Crippen LogP contribution in [0.4, 0.5) is 10.1 Å². The second kappa shape index (κ2) is 8.64. The number of rotatable bonds is 7. The molecule has 4 rings (SSSR count). The van der Waals surface area contributed by atoms with Crippen LogP contribution < -0.4 is 10.1 Å². The molecule has 2 aromatic carbocycles. The van der Waals surface area contributed by atoms with Crippen molar-refractivity contribution in [3.8, 4) is 28.6 Å². The van der Waals surface area contributed by atoms with Crippen LogP contribution in [0.5, 0.6) is 5.75 Å². The van der Waals surface area contributed by atoms with Crippen molar-refractivity contribution in [2.45, 2.75) is 38.8 Å². The molecular weight excluding hydrogens is 383 g/mol. The van der Waals surface area contributed by atoms with Gasteiger partial charge in [0.2, 0.25) is 11.5 Å². The summed E-state index contributed by atoms with van der Waals surface area (Å²) < 4.78 is 23.7. The molecule has 1 aliphatic rings. The maximum Gasteiger partial charge on any atom is 0.256 e. The van der Waals surface area contributed by atoms with Crippen molar-refractivity contribution in [1.29, 1.82) is 0 Å². The second-order valence-corrected chi connectivity index (χ2v) is 7.49. The molecule has 0 aliphatic heterocycles. The molecule has 3 aromatic rings. The standard InChI is InChI=1S/C23H23FN4O2/c1-14(2)29-21-10-7-15(13-20(21)25-3)23-27-22(28-30-23)18-6-4-5-17-16(18)8-9-19(17)26-12-11-24/h4-7,10,13-14,19,26H,8-9,11-12H2,1-2H3/t19-/m1/s1. The molecule has 1 atom stereocenters. The van der Waals surface area contributed by atoms with Gasteiger partial charge in [0.25, 0.3) is 5.89 Å². The van der Waals surface area contributed by atoms with Gasteiger partial charge in [0.1, 0.15) is 12.4 Å². The van der Waals surface area contributed by atoms with E-state index in [4.69, 9.17) is 15.8 Å². The van der Waals surface area contributed by atoms with Gasteiger partial charge < -0.3 is 14.6 Å². The highest BCUT2D eigenvalue weighted by Gasteiger charge is 2.26. The predicted molar refractivity (Wildman–Crippen MR) is 112 cm³/mol. The van der Waals surface area contributed by atoms with Gasteiger partial charge in [-0.1, -0.05) is 23.4 Å². The number of hydrogen-bond donors (Lipinski definition) is 1. The minimum absolute atomic E-state index is 0.0187. The topological polar surface area (TPSA) is 64.5 Å². The molecule has 1 N–H and O–H groups in total. The number of aromatic nitrogens is 2. The Labute approximate surface area is 174 Å². The summed E-state index contributed by atoms with van der Waals surface area (Å²) in [5.41, 5.74) is 4.34. The summed E-state index contributed by atoms with van der Waals surface area (Å²) >= 11 is 0. The van der Waals surface area contributed by atoms with Crippen molar-refractivity contribution in [2.75, 3.05) is 13.2 Å². The number of hydrogen-bond acceptors (Lipinski definition) is 5. The van der Waals surface area contributed by atoms with Crippen molar-refractivity contribution in [2.24, 2.45) is 0 Å². The third kappa shape index (κ3) is 3.91. The Morgan fingerprint density at radius 1 is 1.33 bits per heavy atom. The fourth-order valence-corrected chi connectivity index (χ4v) is 3.85. The quantitative estimate of drug-likeness (QED) is 0.540. The van der Waals surface area contributed by atoms with E-state index in [2.05, 4.69) is 26.4 Å². The molecule has 0 saturated heterocycles. The third-order valence-corrected chi connectivity index (χ3v) is 5.11. The molecular formula is C23H23FN4O2. The second-order valence-electron chi connectivity index (χ2n) is 7.49. The van der Waals surface area contributed by atoms with Gasteiger partial charge >= 0.3 is 0 Å². The molecule has 0 fully saturated rings. The van der Waals surface area contributed by atoms with Crippen LogP contribution >= 0.6 is 0 Å². The third-order valence-electron chi connectivity index (χ3n) is 5.11. The summed E-state index contributed by atoms with van der Waals surface area (Å²) in [5, 5.41) is 7.43. The lowest BCUT2D eigenvalue weighted by molar-refractivity contribution is 0.244. The molecule has 0 saturated carbocycles. The average molecular weight is 406 g/mol. The molecule has 0 spiro atoms. The highest BCUT2D eigenvalue weighted by molar-refractivity contribution is 5.70. The van der Waals surface area contributed by atoms with Gasteiger partial charge in [-0.25, -0.2) is 9.24 Å². The molecule has 1 heterocycles. The summed E-state index contributed by atoms with van der Waals surface area (Å²) in [6.07, 6.45) is 1.78. The van der Waals surface area contributed by atoms with Crippen LogP contribution in [-0.2, 0) is 6.42 Å². The lowest BCUT2D eigenvalue weighted by atomic mass is 10.0. The van der Waals surface area contributed by atoms with E-state index >= 15 is 0 Å². The van der Waals surface area contributed by atoms with Crippen LogP contribution in [0, 0.1) is 6.57 Å². The van der Waals surface area contributed by atoms with Crippen molar-refractivity contribution >= 4 is 5.69 Å². The van der Waals surface area contributed by atoms with Crippen LogP contribution in [0.15, 0.2) is 40.9 Å². The first-order valence-corrected chi connectivity index (χ1v) is 10.0. The van der Waals surface area contributed by atoms with E-state index in [9.17, 15) is 4.39 Å². The van der Waals surface area contributed by atoms with E-state index < -0.39 is 0 Å². The minimum atomic E-state index is -0.382. The number of halogens is 1. The Morgan fingerprint density at radius 2 is 2.20 bits per heavy atom. The van der Waals surface area contributed by atoms with Crippen LogP contribution in [0.25, 0.3) is 27.7 Å². The molecule has 6 nitrogen and oxygen atoms in total. The SMILES string of the molecule is [C-]#[N+]c1cc(-c2nc(-c3cccc4c3CC[C@H]4NCCF)no2)ccc1OC(C)C. The van der Waals surface area contributed by atoms with Gasteiger partial charge in [-0.05, 0) is 56.0 Å². The van der Waals surface area contributed by atoms with Gasteiger partial charge in [0.15, 0.2) is 0 Å². The van der Waals surface area contributed by atoms with Crippen LogP contribution in [-0.4, -0.2) is 29.5 Å². The number of benzene rings is 2. The zero-order chi connectivity index (χ0) is 21.1. The first kappa shape index (κ1) is 20.0. The summed E-state index contributed by atoms with van der Waals surface area (Å²) in [6, 6.07) is 11.4. The smallest absolute Gasteiger partial charge is 0.256 e. The fraction of sp³-hybridized carbons (Fsp3) is 0.348. The lowest BCUT2D eigenvalue weighted by Gasteiger charge is -2.13. The van der Waals surface area contributed by atoms with Gasteiger partial charge in [-0.2, -0.15) is 4.98 Å². The Balaban J connectivity index is 1.63. The Kier molecular flexibility index (Phi) is 5.77. The van der Waals surface area contributed by atoms with E-state index in [1.54, 1.807) is 12.1 Å². The summed E-state index contributed by atoms with van der Waals surface area (Å²) in [5.74, 6) is 1.41. The van der Waals surface area contributed by atoms with E-state index in [1.807, 2.05) is 32.0 Å². The number of nitrogens with zero attached hydrogens (tertiary/aromatic N) is 3.